The summed E-state index contributed by atoms with van der Waals surface area (Å²) >= 11 is 0. The van der Waals surface area contributed by atoms with Crippen LogP contribution in [0.4, 0.5) is 8.78 Å². The number of hydrogen-bond donors (Lipinski definition) is 1. The summed E-state index contributed by atoms with van der Waals surface area (Å²) in [6.45, 7) is 0.171. The second-order valence-corrected chi connectivity index (χ2v) is 7.39. The molecular formula is C24H18F2N2O2. The fourth-order valence-corrected chi connectivity index (χ4v) is 3.89. The summed E-state index contributed by atoms with van der Waals surface area (Å²) < 4.78 is 32.7. The van der Waals surface area contributed by atoms with Gasteiger partial charge in [-0.05, 0) is 65.4 Å². The van der Waals surface area contributed by atoms with Crippen LogP contribution in [0.2, 0.25) is 0 Å². The molecule has 6 heteroatoms. The Morgan fingerprint density at radius 2 is 1.77 bits per heavy atom. The highest BCUT2D eigenvalue weighted by atomic mass is 19.2. The predicted molar refractivity (Wildman–Crippen MR) is 108 cm³/mol. The molecule has 150 valence electrons. The molecule has 4 aromatic rings. The van der Waals surface area contributed by atoms with Gasteiger partial charge in [-0.2, -0.15) is 0 Å². The van der Waals surface area contributed by atoms with Gasteiger partial charge in [-0.1, -0.05) is 12.1 Å². The topological polar surface area (TPSA) is 55.2 Å². The number of pyridine rings is 2. The molecular weight excluding hydrogens is 386 g/mol. The van der Waals surface area contributed by atoms with Crippen LogP contribution in [0.3, 0.4) is 0 Å². The fraction of sp³-hybridized carbons (Fsp3) is 0.167. The summed E-state index contributed by atoms with van der Waals surface area (Å²) in [6.07, 6.45) is 4.40. The van der Waals surface area contributed by atoms with E-state index in [-0.39, 0.29) is 6.61 Å². The Morgan fingerprint density at radius 3 is 2.67 bits per heavy atom. The van der Waals surface area contributed by atoms with Crippen LogP contribution < -0.4 is 4.74 Å². The van der Waals surface area contributed by atoms with Crippen LogP contribution in [0.15, 0.2) is 60.9 Å². The fourth-order valence-electron chi connectivity index (χ4n) is 3.89. The van der Waals surface area contributed by atoms with Gasteiger partial charge in [0.15, 0.2) is 11.6 Å². The van der Waals surface area contributed by atoms with Crippen LogP contribution in [-0.4, -0.2) is 15.1 Å². The summed E-state index contributed by atoms with van der Waals surface area (Å²) in [7, 11) is 0. The highest BCUT2D eigenvalue weighted by molar-refractivity contribution is 5.78. The van der Waals surface area contributed by atoms with Crippen LogP contribution in [0.5, 0.6) is 5.75 Å². The normalized spacial score (nSPS) is 15.4. The Kier molecular flexibility index (Phi) is 4.64. The summed E-state index contributed by atoms with van der Waals surface area (Å²) in [4.78, 5) is 8.51. The first-order valence-electron chi connectivity index (χ1n) is 9.69. The zero-order chi connectivity index (χ0) is 20.7. The summed E-state index contributed by atoms with van der Waals surface area (Å²) in [5, 5.41) is 11.4. The van der Waals surface area contributed by atoms with Crippen molar-refractivity contribution in [3.05, 3.63) is 101 Å². The van der Waals surface area contributed by atoms with Gasteiger partial charge < -0.3 is 9.84 Å². The Bertz CT molecular complexity index is 1260. The van der Waals surface area contributed by atoms with E-state index in [1.54, 1.807) is 18.3 Å². The second kappa shape index (κ2) is 7.46. The van der Waals surface area contributed by atoms with Crippen LogP contribution in [-0.2, 0) is 19.4 Å². The third-order valence-electron chi connectivity index (χ3n) is 5.49. The number of hydrogen-bond acceptors (Lipinski definition) is 4. The lowest BCUT2D eigenvalue weighted by Crippen LogP contribution is -2.04. The van der Waals surface area contributed by atoms with Crippen LogP contribution in [0.25, 0.3) is 10.9 Å². The molecule has 2 aromatic carbocycles. The van der Waals surface area contributed by atoms with Crippen molar-refractivity contribution >= 4 is 10.9 Å². The van der Waals surface area contributed by atoms with Gasteiger partial charge in [-0.15, -0.1) is 0 Å². The van der Waals surface area contributed by atoms with Crippen molar-refractivity contribution in [3.8, 4) is 5.75 Å². The molecule has 0 saturated heterocycles. The molecule has 1 aliphatic rings. The van der Waals surface area contributed by atoms with Crippen molar-refractivity contribution < 1.29 is 18.6 Å². The smallest absolute Gasteiger partial charge is 0.161 e. The zero-order valence-corrected chi connectivity index (χ0v) is 16.0. The van der Waals surface area contributed by atoms with E-state index < -0.39 is 17.7 Å². The minimum Gasteiger partial charge on any atom is -0.487 e. The van der Waals surface area contributed by atoms with E-state index in [0.717, 1.165) is 47.2 Å². The van der Waals surface area contributed by atoms with Crippen LogP contribution in [0.1, 0.15) is 34.1 Å². The van der Waals surface area contributed by atoms with E-state index in [1.165, 1.54) is 0 Å². The van der Waals surface area contributed by atoms with E-state index in [1.807, 2.05) is 30.5 Å². The monoisotopic (exact) mass is 404 g/mol. The van der Waals surface area contributed by atoms with Crippen molar-refractivity contribution in [2.45, 2.75) is 25.6 Å². The standard InChI is InChI=1S/C24H18F2N2O2/c25-21-9-15-3-5-17(28-23(15)11-22(21)26)13-30-18-6-4-14-1-2-16-12-27-8-7-19(16)24(29)20(14)10-18/h3-12,24,29H,1-2,13H2. The van der Waals surface area contributed by atoms with Gasteiger partial charge in [-0.25, -0.2) is 13.8 Å². The number of fused-ring (bicyclic) bond motifs is 3. The van der Waals surface area contributed by atoms with Crippen molar-refractivity contribution in [3.63, 3.8) is 0 Å². The Morgan fingerprint density at radius 1 is 0.933 bits per heavy atom. The molecule has 0 spiro atoms. The van der Waals surface area contributed by atoms with Gasteiger partial charge in [0.25, 0.3) is 0 Å². The predicted octanol–water partition coefficient (Wildman–Crippen LogP) is 4.67. The van der Waals surface area contributed by atoms with Crippen LogP contribution >= 0.6 is 0 Å². The molecule has 1 atom stereocenters. The second-order valence-electron chi connectivity index (χ2n) is 7.39. The van der Waals surface area contributed by atoms with Gasteiger partial charge in [0.2, 0.25) is 0 Å². The third kappa shape index (κ3) is 3.39. The highest BCUT2D eigenvalue weighted by Crippen LogP contribution is 2.34. The molecule has 0 aliphatic heterocycles. The van der Waals surface area contributed by atoms with Crippen molar-refractivity contribution in [1.29, 1.82) is 0 Å². The van der Waals surface area contributed by atoms with Crippen LogP contribution in [0, 0.1) is 11.6 Å². The first-order valence-corrected chi connectivity index (χ1v) is 9.69. The number of rotatable bonds is 3. The maximum Gasteiger partial charge on any atom is 0.161 e. The highest BCUT2D eigenvalue weighted by Gasteiger charge is 2.22. The Labute approximate surface area is 171 Å². The molecule has 0 radical (unpaired) electrons. The molecule has 2 heterocycles. The third-order valence-corrected chi connectivity index (χ3v) is 5.49. The lowest BCUT2D eigenvalue weighted by atomic mass is 9.98. The number of aromatic nitrogens is 2. The molecule has 1 unspecified atom stereocenters. The Balaban J connectivity index is 1.39. The molecule has 1 N–H and O–H groups in total. The van der Waals surface area contributed by atoms with E-state index in [4.69, 9.17) is 4.74 Å². The molecule has 0 bridgehead atoms. The molecule has 0 saturated carbocycles. The molecule has 2 aromatic heterocycles. The number of aryl methyl sites for hydroxylation is 2. The number of halogens is 2. The molecule has 5 rings (SSSR count). The lowest BCUT2D eigenvalue weighted by Gasteiger charge is -2.16. The minimum atomic E-state index is -0.928. The average molecular weight is 404 g/mol. The molecule has 0 fully saturated rings. The first kappa shape index (κ1) is 18.6. The quantitative estimate of drug-likeness (QED) is 0.539. The average Bonchev–Trinajstić information content (AvgIpc) is 2.90. The number of nitrogens with zero attached hydrogens (tertiary/aromatic N) is 2. The van der Waals surface area contributed by atoms with E-state index >= 15 is 0 Å². The Hall–Kier alpha value is -3.38. The summed E-state index contributed by atoms with van der Waals surface area (Å²) in [5.74, 6) is -1.21. The summed E-state index contributed by atoms with van der Waals surface area (Å²) in [6, 6.07) is 13.2. The number of benzene rings is 2. The van der Waals surface area contributed by atoms with Gasteiger partial charge >= 0.3 is 0 Å². The van der Waals surface area contributed by atoms with Gasteiger partial charge in [0.1, 0.15) is 18.5 Å². The molecule has 30 heavy (non-hydrogen) atoms. The van der Waals surface area contributed by atoms with Crippen molar-refractivity contribution in [1.82, 2.24) is 9.97 Å². The first-order chi connectivity index (χ1) is 14.6. The number of aliphatic hydroxyl groups excluding tert-OH is 1. The molecule has 1 aliphatic carbocycles. The zero-order valence-electron chi connectivity index (χ0n) is 16.0. The minimum absolute atomic E-state index is 0.171. The van der Waals surface area contributed by atoms with Gasteiger partial charge in [0, 0.05) is 23.8 Å². The lowest BCUT2D eigenvalue weighted by molar-refractivity contribution is 0.218. The van der Waals surface area contributed by atoms with E-state index in [0.29, 0.717) is 22.3 Å². The van der Waals surface area contributed by atoms with Crippen molar-refractivity contribution in [2.75, 3.05) is 0 Å². The maximum absolute atomic E-state index is 13.5. The number of ether oxygens (including phenoxy) is 1. The summed E-state index contributed by atoms with van der Waals surface area (Å²) in [5.41, 5.74) is 4.78. The maximum atomic E-state index is 13.5. The largest absolute Gasteiger partial charge is 0.487 e. The van der Waals surface area contributed by atoms with Gasteiger partial charge in [-0.3, -0.25) is 4.98 Å². The van der Waals surface area contributed by atoms with E-state index in [2.05, 4.69) is 9.97 Å². The number of aliphatic hydroxyl groups is 1. The van der Waals surface area contributed by atoms with Crippen molar-refractivity contribution in [2.24, 2.45) is 0 Å². The molecule has 4 nitrogen and oxygen atoms in total. The van der Waals surface area contributed by atoms with E-state index in [9.17, 15) is 13.9 Å². The van der Waals surface area contributed by atoms with Gasteiger partial charge in [0.05, 0.1) is 11.2 Å². The SMILES string of the molecule is OC1c2ccncc2CCc2ccc(OCc3ccc4cc(F)c(F)cc4n3)cc21. The molecule has 0 amide bonds.